The zero-order chi connectivity index (χ0) is 9.71. The minimum absolute atomic E-state index is 0.221. The number of aromatic hydroxyl groups is 2. The molecule has 0 amide bonds. The minimum atomic E-state index is 0.221. The van der Waals surface area contributed by atoms with Crippen molar-refractivity contribution in [2.75, 3.05) is 0 Å². The van der Waals surface area contributed by atoms with Crippen molar-refractivity contribution in [3.63, 3.8) is 0 Å². The van der Waals surface area contributed by atoms with Crippen LogP contribution < -0.4 is 0 Å². The van der Waals surface area contributed by atoms with Gasteiger partial charge in [0.2, 0.25) is 0 Å². The Bertz CT molecular complexity index is 486. The number of hydrogen-bond acceptors (Lipinski definition) is 2. The molecule has 0 fully saturated rings. The van der Waals surface area contributed by atoms with Crippen LogP contribution in [0.25, 0.3) is 22.3 Å². The molecule has 0 spiro atoms. The van der Waals surface area contributed by atoms with Crippen LogP contribution in [0.15, 0.2) is 36.4 Å². The van der Waals surface area contributed by atoms with E-state index in [9.17, 15) is 10.2 Å². The van der Waals surface area contributed by atoms with Crippen LogP contribution in [0.2, 0.25) is 0 Å². The van der Waals surface area contributed by atoms with E-state index in [1.54, 1.807) is 0 Å². The summed E-state index contributed by atoms with van der Waals surface area (Å²) in [5, 5.41) is 19.4. The van der Waals surface area contributed by atoms with Gasteiger partial charge in [-0.3, -0.25) is 0 Å². The van der Waals surface area contributed by atoms with Crippen molar-refractivity contribution in [1.82, 2.24) is 0 Å². The smallest absolute Gasteiger partial charge is 0.124 e. The van der Waals surface area contributed by atoms with E-state index in [4.69, 9.17) is 0 Å². The van der Waals surface area contributed by atoms with Crippen molar-refractivity contribution in [3.05, 3.63) is 36.4 Å². The molecule has 1 aliphatic carbocycles. The second-order valence-electron chi connectivity index (χ2n) is 3.43. The van der Waals surface area contributed by atoms with Crippen molar-refractivity contribution >= 4 is 0 Å². The average molecular weight is 184 g/mol. The molecule has 2 nitrogen and oxygen atoms in total. The van der Waals surface area contributed by atoms with Crippen molar-refractivity contribution in [3.8, 4) is 33.8 Å². The highest BCUT2D eigenvalue weighted by Gasteiger charge is 2.21. The van der Waals surface area contributed by atoms with Crippen LogP contribution in [0, 0.1) is 0 Å². The zero-order valence-electron chi connectivity index (χ0n) is 7.36. The molecule has 2 aromatic carbocycles. The summed E-state index contributed by atoms with van der Waals surface area (Å²) in [6.45, 7) is 0. The molecule has 2 N–H and O–H groups in total. The van der Waals surface area contributed by atoms with Crippen molar-refractivity contribution in [2.45, 2.75) is 0 Å². The van der Waals surface area contributed by atoms with Gasteiger partial charge in [-0.1, -0.05) is 18.2 Å². The van der Waals surface area contributed by atoms with Gasteiger partial charge in [0.25, 0.3) is 0 Å². The first-order chi connectivity index (χ1) is 6.77. The quantitative estimate of drug-likeness (QED) is 0.527. The maximum atomic E-state index is 9.69. The average Bonchev–Trinajstić information content (AvgIpc) is 2.46. The third-order valence-corrected chi connectivity index (χ3v) is 2.60. The molecule has 68 valence electrons. The predicted molar refractivity (Wildman–Crippen MR) is 54.2 cm³/mol. The van der Waals surface area contributed by atoms with E-state index in [0.717, 1.165) is 22.3 Å². The predicted octanol–water partition coefficient (Wildman–Crippen LogP) is 2.75. The Kier molecular flexibility index (Phi) is 1.22. The summed E-state index contributed by atoms with van der Waals surface area (Å²) < 4.78 is 0. The molecule has 0 radical (unpaired) electrons. The molecule has 0 atom stereocenters. The van der Waals surface area contributed by atoms with Gasteiger partial charge in [-0.15, -0.1) is 0 Å². The number of benzene rings is 2. The number of rotatable bonds is 0. The van der Waals surface area contributed by atoms with Gasteiger partial charge in [-0.25, -0.2) is 0 Å². The summed E-state index contributed by atoms with van der Waals surface area (Å²) in [6, 6.07) is 10.8. The van der Waals surface area contributed by atoms with Crippen LogP contribution in [0.4, 0.5) is 0 Å². The summed E-state index contributed by atoms with van der Waals surface area (Å²) in [5.41, 5.74) is 3.41. The van der Waals surface area contributed by atoms with Crippen molar-refractivity contribution < 1.29 is 10.2 Å². The third-order valence-electron chi connectivity index (χ3n) is 2.60. The van der Waals surface area contributed by atoms with Gasteiger partial charge in [0.15, 0.2) is 0 Å². The van der Waals surface area contributed by atoms with E-state index in [-0.39, 0.29) is 11.5 Å². The van der Waals surface area contributed by atoms with Gasteiger partial charge in [-0.2, -0.15) is 0 Å². The second-order valence-corrected chi connectivity index (χ2v) is 3.43. The first-order valence-corrected chi connectivity index (χ1v) is 4.43. The molecular formula is C12H8O2. The fourth-order valence-electron chi connectivity index (χ4n) is 2.00. The lowest BCUT2D eigenvalue weighted by Crippen LogP contribution is -1.77. The van der Waals surface area contributed by atoms with Gasteiger partial charge in [0, 0.05) is 11.1 Å². The Balaban J connectivity index is 2.49. The number of fused-ring (bicyclic) bond motifs is 5. The third kappa shape index (κ3) is 0.752. The Morgan fingerprint density at radius 3 is 1.71 bits per heavy atom. The van der Waals surface area contributed by atoms with Crippen LogP contribution in [0.1, 0.15) is 0 Å². The van der Waals surface area contributed by atoms with E-state index < -0.39 is 0 Å². The van der Waals surface area contributed by atoms with E-state index in [1.807, 2.05) is 24.3 Å². The fourth-order valence-corrected chi connectivity index (χ4v) is 2.00. The minimum Gasteiger partial charge on any atom is -0.507 e. The lowest BCUT2D eigenvalue weighted by molar-refractivity contribution is 0.464. The molecule has 0 heterocycles. The van der Waals surface area contributed by atoms with Gasteiger partial charge in [0.05, 0.1) is 0 Å². The molecule has 2 aromatic rings. The van der Waals surface area contributed by atoms with Crippen LogP contribution in [-0.2, 0) is 0 Å². The number of hydrogen-bond donors (Lipinski definition) is 2. The Morgan fingerprint density at radius 2 is 1.21 bits per heavy atom. The molecule has 1 aliphatic rings. The standard InChI is InChI=1S/C12H8O2/c13-9-4-5-10(14)12-8-3-1-2-7(6-8)11(9)12/h1-6,13-14H. The molecular weight excluding hydrogens is 176 g/mol. The maximum Gasteiger partial charge on any atom is 0.124 e. The van der Waals surface area contributed by atoms with Crippen LogP contribution >= 0.6 is 0 Å². The van der Waals surface area contributed by atoms with E-state index in [0.29, 0.717) is 0 Å². The van der Waals surface area contributed by atoms with Crippen LogP contribution in [0.3, 0.4) is 0 Å². The summed E-state index contributed by atoms with van der Waals surface area (Å²) >= 11 is 0. The molecule has 2 heteroatoms. The summed E-state index contributed by atoms with van der Waals surface area (Å²) in [4.78, 5) is 0. The highest BCUT2D eigenvalue weighted by molar-refractivity contribution is 5.97. The normalized spacial score (nSPS) is 11.4. The molecule has 0 unspecified atom stereocenters. The van der Waals surface area contributed by atoms with Crippen LogP contribution in [0.5, 0.6) is 11.5 Å². The first kappa shape index (κ1) is 7.44. The molecule has 0 saturated heterocycles. The van der Waals surface area contributed by atoms with Crippen LogP contribution in [-0.4, -0.2) is 10.2 Å². The number of phenolic OH excluding ortho intramolecular Hbond substituents is 2. The summed E-state index contributed by atoms with van der Waals surface area (Å²) in [6.07, 6.45) is 0. The molecule has 3 rings (SSSR count). The largest absolute Gasteiger partial charge is 0.507 e. The summed E-state index contributed by atoms with van der Waals surface area (Å²) in [7, 11) is 0. The molecule has 0 aliphatic heterocycles. The zero-order valence-corrected chi connectivity index (χ0v) is 7.36. The van der Waals surface area contributed by atoms with Crippen molar-refractivity contribution in [2.24, 2.45) is 0 Å². The van der Waals surface area contributed by atoms with E-state index in [1.165, 1.54) is 12.1 Å². The molecule has 0 aromatic heterocycles. The fraction of sp³-hybridized carbons (Fsp3) is 0. The SMILES string of the molecule is Oc1ccc(O)c2c1-c1cccc-2c1. The molecule has 14 heavy (non-hydrogen) atoms. The Labute approximate surface area is 81.1 Å². The van der Waals surface area contributed by atoms with Gasteiger partial charge in [0.1, 0.15) is 11.5 Å². The molecule has 2 bridgehead atoms. The topological polar surface area (TPSA) is 40.5 Å². The van der Waals surface area contributed by atoms with Gasteiger partial charge < -0.3 is 10.2 Å². The Hall–Kier alpha value is -1.96. The lowest BCUT2D eigenvalue weighted by atomic mass is 10.0. The highest BCUT2D eigenvalue weighted by atomic mass is 16.3. The highest BCUT2D eigenvalue weighted by Crippen LogP contribution is 2.49. The van der Waals surface area contributed by atoms with E-state index >= 15 is 0 Å². The van der Waals surface area contributed by atoms with Crippen molar-refractivity contribution in [1.29, 1.82) is 0 Å². The van der Waals surface area contributed by atoms with E-state index in [2.05, 4.69) is 0 Å². The lowest BCUT2D eigenvalue weighted by Gasteiger charge is -2.05. The van der Waals surface area contributed by atoms with Gasteiger partial charge in [-0.05, 0) is 29.3 Å². The maximum absolute atomic E-state index is 9.69. The first-order valence-electron chi connectivity index (χ1n) is 4.43. The second kappa shape index (κ2) is 2.29. The monoisotopic (exact) mass is 184 g/mol. The Morgan fingerprint density at radius 1 is 0.714 bits per heavy atom. The molecule has 0 saturated carbocycles. The number of phenols is 2. The van der Waals surface area contributed by atoms with Gasteiger partial charge >= 0.3 is 0 Å². The summed E-state index contributed by atoms with van der Waals surface area (Å²) in [5.74, 6) is 0.443.